The Bertz CT molecular complexity index is 920. The minimum absolute atomic E-state index is 0.592. The minimum atomic E-state index is -4.30. The Hall–Kier alpha value is -2.47. The molecule has 4 N–H and O–H groups in total. The fourth-order valence-electron chi connectivity index (χ4n) is 2.49. The highest BCUT2D eigenvalue weighted by atomic mass is 79.9. The van der Waals surface area contributed by atoms with E-state index >= 15 is 0 Å². The van der Waals surface area contributed by atoms with E-state index in [4.69, 9.17) is 11.5 Å². The summed E-state index contributed by atoms with van der Waals surface area (Å²) < 4.78 is 38.7. The first-order valence-electron chi connectivity index (χ1n) is 8.13. The average molecular weight is 437 g/mol. The Morgan fingerprint density at radius 3 is 1.81 bits per heavy atom. The summed E-state index contributed by atoms with van der Waals surface area (Å²) >= 11 is 3.37. The van der Waals surface area contributed by atoms with Gasteiger partial charge in [0.1, 0.15) is 0 Å². The summed E-state index contributed by atoms with van der Waals surface area (Å²) in [4.78, 5) is 0. The number of benzene rings is 3. The van der Waals surface area contributed by atoms with E-state index in [0.29, 0.717) is 11.3 Å². The number of aryl methyl sites for hydroxylation is 2. The number of alkyl halides is 3. The molecule has 0 aromatic heterocycles. The molecule has 0 aliphatic carbocycles. The smallest absolute Gasteiger partial charge is 0.399 e. The summed E-state index contributed by atoms with van der Waals surface area (Å²) in [5.74, 6) is 0. The molecule has 0 unspecified atom stereocenters. The third-order valence-electron chi connectivity index (χ3n) is 3.96. The van der Waals surface area contributed by atoms with Gasteiger partial charge in [-0.05, 0) is 78.6 Å². The maximum Gasteiger partial charge on any atom is 0.416 e. The molecule has 27 heavy (non-hydrogen) atoms. The van der Waals surface area contributed by atoms with E-state index in [-0.39, 0.29) is 0 Å². The fourth-order valence-corrected chi connectivity index (χ4v) is 2.74. The van der Waals surface area contributed by atoms with Crippen LogP contribution in [-0.4, -0.2) is 0 Å². The molecule has 0 amide bonds. The van der Waals surface area contributed by atoms with Crippen LogP contribution < -0.4 is 11.5 Å². The number of halogens is 4. The van der Waals surface area contributed by atoms with E-state index in [9.17, 15) is 13.2 Å². The third kappa shape index (κ3) is 5.76. The molecular formula is C21H20BrF3N2. The van der Waals surface area contributed by atoms with Gasteiger partial charge in [0, 0.05) is 15.8 Å². The van der Waals surface area contributed by atoms with Gasteiger partial charge in [-0.3, -0.25) is 0 Å². The Labute approximate surface area is 165 Å². The highest BCUT2D eigenvalue weighted by molar-refractivity contribution is 9.10. The van der Waals surface area contributed by atoms with Crippen LogP contribution >= 0.6 is 15.9 Å². The highest BCUT2D eigenvalue weighted by Gasteiger charge is 2.30. The normalized spacial score (nSPS) is 10.9. The molecule has 0 atom stereocenters. The lowest BCUT2D eigenvalue weighted by atomic mass is 9.98. The molecule has 0 bridgehead atoms. The van der Waals surface area contributed by atoms with Crippen LogP contribution in [0.25, 0.3) is 11.1 Å². The van der Waals surface area contributed by atoms with Crippen LogP contribution in [0.4, 0.5) is 24.5 Å². The van der Waals surface area contributed by atoms with Crippen molar-refractivity contribution < 1.29 is 13.2 Å². The summed E-state index contributed by atoms with van der Waals surface area (Å²) in [5.41, 5.74) is 15.3. The van der Waals surface area contributed by atoms with Gasteiger partial charge in [0.15, 0.2) is 0 Å². The summed E-state index contributed by atoms with van der Waals surface area (Å²) in [5, 5.41) is 0. The maximum atomic E-state index is 12.5. The van der Waals surface area contributed by atoms with Gasteiger partial charge in [-0.1, -0.05) is 34.1 Å². The van der Waals surface area contributed by atoms with Gasteiger partial charge < -0.3 is 11.5 Å². The lowest BCUT2D eigenvalue weighted by Gasteiger charge is -2.11. The number of anilines is 2. The highest BCUT2D eigenvalue weighted by Crippen LogP contribution is 2.33. The second-order valence-electron chi connectivity index (χ2n) is 6.16. The van der Waals surface area contributed by atoms with Crippen molar-refractivity contribution in [1.82, 2.24) is 0 Å². The van der Waals surface area contributed by atoms with Gasteiger partial charge in [0.05, 0.1) is 5.56 Å². The van der Waals surface area contributed by atoms with Crippen molar-refractivity contribution in [1.29, 1.82) is 0 Å². The number of hydrogen-bond donors (Lipinski definition) is 2. The van der Waals surface area contributed by atoms with Gasteiger partial charge >= 0.3 is 6.18 Å². The zero-order valence-electron chi connectivity index (χ0n) is 14.9. The summed E-state index contributed by atoms with van der Waals surface area (Å²) in [6, 6.07) is 16.6. The van der Waals surface area contributed by atoms with Gasteiger partial charge in [0.2, 0.25) is 0 Å². The van der Waals surface area contributed by atoms with Crippen molar-refractivity contribution in [3.63, 3.8) is 0 Å². The topological polar surface area (TPSA) is 52.0 Å². The van der Waals surface area contributed by atoms with E-state index in [1.165, 1.54) is 11.6 Å². The quantitative estimate of drug-likeness (QED) is 0.422. The molecule has 3 rings (SSSR count). The van der Waals surface area contributed by atoms with Gasteiger partial charge in [-0.2, -0.15) is 13.2 Å². The van der Waals surface area contributed by atoms with Crippen LogP contribution in [0.5, 0.6) is 0 Å². The fraction of sp³-hybridized carbons (Fsp3) is 0.143. The van der Waals surface area contributed by atoms with Gasteiger partial charge in [-0.25, -0.2) is 0 Å². The van der Waals surface area contributed by atoms with Crippen LogP contribution in [0.2, 0.25) is 0 Å². The molecule has 0 saturated carbocycles. The second kappa shape index (κ2) is 8.48. The van der Waals surface area contributed by atoms with Crippen molar-refractivity contribution >= 4 is 27.3 Å². The molecule has 0 saturated heterocycles. The molecule has 0 aliphatic rings. The van der Waals surface area contributed by atoms with Crippen LogP contribution in [0.1, 0.15) is 16.7 Å². The third-order valence-corrected chi connectivity index (χ3v) is 4.85. The summed E-state index contributed by atoms with van der Waals surface area (Å²) in [6.07, 6.45) is -4.30. The van der Waals surface area contributed by atoms with Crippen molar-refractivity contribution in [3.8, 4) is 11.1 Å². The van der Waals surface area contributed by atoms with E-state index in [2.05, 4.69) is 15.9 Å². The van der Waals surface area contributed by atoms with E-state index in [1.54, 1.807) is 31.2 Å². The first kappa shape index (κ1) is 20.8. The molecule has 0 fully saturated rings. The van der Waals surface area contributed by atoms with Crippen molar-refractivity contribution in [2.75, 3.05) is 11.5 Å². The standard InChI is InChI=1S/C14H12F3N.C7H8BrN/c1-9-8-11(14(15,16)17)4-7-13(9)10-2-5-12(18)6-3-10;1-5-4-6(9)2-3-7(5)8/h2-8H,18H2,1H3;2-4H,9H2,1H3. The molecule has 0 spiro atoms. The zero-order valence-corrected chi connectivity index (χ0v) is 16.5. The predicted octanol–water partition coefficient (Wildman–Crippen LogP) is 6.60. The van der Waals surface area contributed by atoms with Crippen molar-refractivity contribution in [3.05, 3.63) is 81.8 Å². The van der Waals surface area contributed by atoms with Crippen molar-refractivity contribution in [2.24, 2.45) is 0 Å². The van der Waals surface area contributed by atoms with Crippen LogP contribution in [-0.2, 0) is 6.18 Å². The Morgan fingerprint density at radius 1 is 0.741 bits per heavy atom. The first-order chi connectivity index (χ1) is 12.6. The maximum absolute atomic E-state index is 12.5. The lowest BCUT2D eigenvalue weighted by molar-refractivity contribution is -0.137. The summed E-state index contributed by atoms with van der Waals surface area (Å²) in [6.45, 7) is 3.68. The van der Waals surface area contributed by atoms with Gasteiger partial charge in [0.25, 0.3) is 0 Å². The minimum Gasteiger partial charge on any atom is -0.399 e. The van der Waals surface area contributed by atoms with E-state index < -0.39 is 11.7 Å². The van der Waals surface area contributed by atoms with Crippen molar-refractivity contribution in [2.45, 2.75) is 20.0 Å². The second-order valence-corrected chi connectivity index (χ2v) is 7.01. The number of nitrogens with two attached hydrogens (primary N) is 2. The van der Waals surface area contributed by atoms with E-state index in [1.807, 2.05) is 25.1 Å². The largest absolute Gasteiger partial charge is 0.416 e. The summed E-state index contributed by atoms with van der Waals surface area (Å²) in [7, 11) is 0. The lowest BCUT2D eigenvalue weighted by Crippen LogP contribution is -2.05. The molecular weight excluding hydrogens is 417 g/mol. The first-order valence-corrected chi connectivity index (χ1v) is 8.92. The average Bonchev–Trinajstić information content (AvgIpc) is 2.59. The van der Waals surface area contributed by atoms with Crippen LogP contribution in [0, 0.1) is 13.8 Å². The van der Waals surface area contributed by atoms with Gasteiger partial charge in [-0.15, -0.1) is 0 Å². The molecule has 0 aliphatic heterocycles. The zero-order chi connectivity index (χ0) is 20.2. The number of hydrogen-bond acceptors (Lipinski definition) is 2. The predicted molar refractivity (Wildman–Crippen MR) is 109 cm³/mol. The Kier molecular flexibility index (Phi) is 6.54. The molecule has 142 valence electrons. The monoisotopic (exact) mass is 436 g/mol. The van der Waals surface area contributed by atoms with E-state index in [0.717, 1.165) is 33.4 Å². The molecule has 3 aromatic rings. The number of nitrogen functional groups attached to an aromatic ring is 2. The Morgan fingerprint density at radius 2 is 1.33 bits per heavy atom. The molecule has 6 heteroatoms. The molecule has 2 nitrogen and oxygen atoms in total. The number of rotatable bonds is 1. The molecule has 0 radical (unpaired) electrons. The molecule has 0 heterocycles. The van der Waals surface area contributed by atoms with Crippen LogP contribution in [0.15, 0.2) is 65.1 Å². The molecule has 3 aromatic carbocycles. The van der Waals surface area contributed by atoms with Crippen LogP contribution in [0.3, 0.4) is 0 Å². The Balaban J connectivity index is 0.000000244. The SMILES string of the molecule is Cc1cc(C(F)(F)F)ccc1-c1ccc(N)cc1.Cc1cc(N)ccc1Br.